The molecule has 0 radical (unpaired) electrons. The highest BCUT2D eigenvalue weighted by Crippen LogP contribution is 2.25. The first-order chi connectivity index (χ1) is 7.36. The number of nitrogens with two attached hydrogens (primary N) is 1. The van der Waals surface area contributed by atoms with Crippen molar-refractivity contribution in [2.45, 2.75) is 6.54 Å². The first kappa shape index (κ1) is 9.02. The van der Waals surface area contributed by atoms with E-state index in [4.69, 9.17) is 5.73 Å². The lowest BCUT2D eigenvalue weighted by Gasteiger charge is -1.86. The number of hydrogen-bond donors (Lipinski definition) is 1. The summed E-state index contributed by atoms with van der Waals surface area (Å²) in [5.41, 5.74) is 6.49. The van der Waals surface area contributed by atoms with Crippen LogP contribution in [0.15, 0.2) is 23.7 Å². The standard InChI is InChI=1S/C9H8N4S2/c10-4-8-12-13-5-6(11-9(13)15-8)7-2-1-3-14-7/h1-3,5H,4,10H2. The molecule has 0 aliphatic rings. The molecule has 0 bridgehead atoms. The number of fused-ring (bicyclic) bond motifs is 1. The molecule has 15 heavy (non-hydrogen) atoms. The SMILES string of the molecule is NCc1nn2cc(-c3cccs3)nc2s1. The highest BCUT2D eigenvalue weighted by Gasteiger charge is 2.08. The summed E-state index contributed by atoms with van der Waals surface area (Å²) in [7, 11) is 0. The monoisotopic (exact) mass is 236 g/mol. The summed E-state index contributed by atoms with van der Waals surface area (Å²) in [5.74, 6) is 0. The van der Waals surface area contributed by atoms with E-state index in [9.17, 15) is 0 Å². The van der Waals surface area contributed by atoms with Gasteiger partial charge in [-0.05, 0) is 11.4 Å². The van der Waals surface area contributed by atoms with E-state index < -0.39 is 0 Å². The molecule has 0 aromatic carbocycles. The van der Waals surface area contributed by atoms with Crippen molar-refractivity contribution in [3.63, 3.8) is 0 Å². The van der Waals surface area contributed by atoms with Crippen LogP contribution in [0, 0.1) is 0 Å². The van der Waals surface area contributed by atoms with Gasteiger partial charge in [-0.1, -0.05) is 17.4 Å². The Morgan fingerprint density at radius 2 is 2.40 bits per heavy atom. The number of thiophene rings is 1. The largest absolute Gasteiger partial charge is 0.324 e. The van der Waals surface area contributed by atoms with Gasteiger partial charge in [-0.3, -0.25) is 0 Å². The van der Waals surface area contributed by atoms with Crippen LogP contribution < -0.4 is 5.73 Å². The number of nitrogens with zero attached hydrogens (tertiary/aromatic N) is 3. The Labute approximate surface area is 94.0 Å². The average molecular weight is 236 g/mol. The van der Waals surface area contributed by atoms with Gasteiger partial charge in [0.15, 0.2) is 0 Å². The third kappa shape index (κ3) is 1.46. The van der Waals surface area contributed by atoms with Crippen molar-refractivity contribution in [3.8, 4) is 10.6 Å². The summed E-state index contributed by atoms with van der Waals surface area (Å²) in [6.45, 7) is 0.475. The molecule has 3 heterocycles. The van der Waals surface area contributed by atoms with Crippen LogP contribution in [0.5, 0.6) is 0 Å². The zero-order chi connectivity index (χ0) is 10.3. The second-order valence-electron chi connectivity index (χ2n) is 3.03. The minimum absolute atomic E-state index is 0.475. The van der Waals surface area contributed by atoms with Gasteiger partial charge in [0.1, 0.15) is 10.7 Å². The van der Waals surface area contributed by atoms with Crippen molar-refractivity contribution >= 4 is 27.6 Å². The number of hydrogen-bond acceptors (Lipinski definition) is 5. The van der Waals surface area contributed by atoms with Crippen LogP contribution >= 0.6 is 22.7 Å². The zero-order valence-corrected chi connectivity index (χ0v) is 9.38. The molecule has 0 aliphatic heterocycles. The number of rotatable bonds is 2. The summed E-state index contributed by atoms with van der Waals surface area (Å²) < 4.78 is 1.79. The first-order valence-electron chi connectivity index (χ1n) is 4.46. The second kappa shape index (κ2) is 3.41. The molecule has 3 rings (SSSR count). The number of imidazole rings is 1. The Morgan fingerprint density at radius 3 is 3.07 bits per heavy atom. The predicted octanol–water partition coefficient (Wildman–Crippen LogP) is 1.98. The van der Waals surface area contributed by atoms with Gasteiger partial charge in [0.25, 0.3) is 0 Å². The summed E-state index contributed by atoms with van der Waals surface area (Å²) in [4.78, 5) is 6.57. The van der Waals surface area contributed by atoms with Gasteiger partial charge < -0.3 is 5.73 Å². The van der Waals surface area contributed by atoms with Crippen LogP contribution in [0.1, 0.15) is 5.01 Å². The predicted molar refractivity (Wildman–Crippen MR) is 62.1 cm³/mol. The summed E-state index contributed by atoms with van der Waals surface area (Å²) >= 11 is 3.22. The van der Waals surface area contributed by atoms with Crippen molar-refractivity contribution in [1.82, 2.24) is 14.6 Å². The lowest BCUT2D eigenvalue weighted by molar-refractivity contribution is 0.897. The molecular weight excluding hydrogens is 228 g/mol. The van der Waals surface area contributed by atoms with Gasteiger partial charge in [-0.15, -0.1) is 11.3 Å². The molecule has 3 aromatic heterocycles. The van der Waals surface area contributed by atoms with E-state index in [1.54, 1.807) is 15.9 Å². The van der Waals surface area contributed by atoms with E-state index in [1.807, 2.05) is 17.6 Å². The zero-order valence-electron chi connectivity index (χ0n) is 7.75. The van der Waals surface area contributed by atoms with Gasteiger partial charge >= 0.3 is 0 Å². The van der Waals surface area contributed by atoms with Crippen LogP contribution in [-0.4, -0.2) is 14.6 Å². The van der Waals surface area contributed by atoms with Gasteiger partial charge in [0.2, 0.25) is 4.96 Å². The van der Waals surface area contributed by atoms with Crippen molar-refractivity contribution in [1.29, 1.82) is 0 Å². The van der Waals surface area contributed by atoms with E-state index in [-0.39, 0.29) is 0 Å². The normalized spacial score (nSPS) is 11.3. The van der Waals surface area contributed by atoms with Crippen molar-refractivity contribution in [2.24, 2.45) is 5.73 Å². The number of aromatic nitrogens is 3. The van der Waals surface area contributed by atoms with E-state index >= 15 is 0 Å². The van der Waals surface area contributed by atoms with E-state index in [1.165, 1.54) is 16.2 Å². The highest BCUT2D eigenvalue weighted by molar-refractivity contribution is 7.16. The van der Waals surface area contributed by atoms with Crippen molar-refractivity contribution in [2.75, 3.05) is 0 Å². The smallest absolute Gasteiger partial charge is 0.212 e. The maximum Gasteiger partial charge on any atom is 0.212 e. The lowest BCUT2D eigenvalue weighted by atomic mass is 10.4. The summed E-state index contributed by atoms with van der Waals surface area (Å²) in [6.07, 6.45) is 1.94. The molecule has 0 amide bonds. The molecule has 4 nitrogen and oxygen atoms in total. The van der Waals surface area contributed by atoms with Crippen LogP contribution in [0.25, 0.3) is 15.5 Å². The lowest BCUT2D eigenvalue weighted by Crippen LogP contribution is -1.95. The average Bonchev–Trinajstić information content (AvgIpc) is 2.91. The minimum atomic E-state index is 0.475. The van der Waals surface area contributed by atoms with E-state index in [0.717, 1.165) is 15.7 Å². The molecule has 0 spiro atoms. The van der Waals surface area contributed by atoms with Crippen LogP contribution in [0.3, 0.4) is 0 Å². The van der Waals surface area contributed by atoms with Crippen molar-refractivity contribution in [3.05, 3.63) is 28.7 Å². The summed E-state index contributed by atoms with van der Waals surface area (Å²) in [6, 6.07) is 4.08. The first-order valence-corrected chi connectivity index (χ1v) is 6.15. The molecule has 0 fully saturated rings. The molecule has 0 aliphatic carbocycles. The Balaban J connectivity index is 2.12. The van der Waals surface area contributed by atoms with Crippen LogP contribution in [0.4, 0.5) is 0 Å². The molecule has 0 saturated carbocycles. The van der Waals surface area contributed by atoms with Crippen LogP contribution in [-0.2, 0) is 6.54 Å². The third-order valence-corrected chi connectivity index (χ3v) is 3.87. The van der Waals surface area contributed by atoms with E-state index in [2.05, 4.69) is 16.1 Å². The Morgan fingerprint density at radius 1 is 1.47 bits per heavy atom. The minimum Gasteiger partial charge on any atom is -0.324 e. The quantitative estimate of drug-likeness (QED) is 0.740. The third-order valence-electron chi connectivity index (χ3n) is 2.03. The van der Waals surface area contributed by atoms with Gasteiger partial charge in [-0.25, -0.2) is 9.50 Å². The molecule has 3 aromatic rings. The fourth-order valence-corrected chi connectivity index (χ4v) is 2.80. The molecule has 0 saturated heterocycles. The summed E-state index contributed by atoms with van der Waals surface area (Å²) in [5, 5.41) is 7.27. The highest BCUT2D eigenvalue weighted by atomic mass is 32.1. The Bertz CT molecular complexity index is 547. The fraction of sp³-hybridized carbons (Fsp3) is 0.111. The molecule has 0 atom stereocenters. The molecule has 76 valence electrons. The maximum atomic E-state index is 5.51. The second-order valence-corrected chi connectivity index (χ2v) is 5.02. The van der Waals surface area contributed by atoms with Gasteiger partial charge in [0, 0.05) is 6.54 Å². The van der Waals surface area contributed by atoms with Crippen LogP contribution in [0.2, 0.25) is 0 Å². The molecule has 2 N–H and O–H groups in total. The Hall–Kier alpha value is -1.24. The molecule has 0 unspecified atom stereocenters. The van der Waals surface area contributed by atoms with Gasteiger partial charge in [-0.2, -0.15) is 5.10 Å². The van der Waals surface area contributed by atoms with Crippen molar-refractivity contribution < 1.29 is 0 Å². The molecule has 6 heteroatoms. The Kier molecular flexibility index (Phi) is 2.05. The molecular formula is C9H8N4S2. The maximum absolute atomic E-state index is 5.51. The fourth-order valence-electron chi connectivity index (χ4n) is 1.37. The topological polar surface area (TPSA) is 56.2 Å². The van der Waals surface area contributed by atoms with Gasteiger partial charge in [0.05, 0.1) is 11.1 Å². The van der Waals surface area contributed by atoms with E-state index in [0.29, 0.717) is 6.54 Å².